The summed E-state index contributed by atoms with van der Waals surface area (Å²) >= 11 is 0. The largest absolute Gasteiger partial charge is 0.481 e. The van der Waals surface area contributed by atoms with Gasteiger partial charge in [0.25, 0.3) is 0 Å². The molecule has 1 aromatic carbocycles. The van der Waals surface area contributed by atoms with Crippen LogP contribution in [0.25, 0.3) is 0 Å². The zero-order valence-electron chi connectivity index (χ0n) is 11.9. The molecule has 21 heavy (non-hydrogen) atoms. The van der Waals surface area contributed by atoms with Gasteiger partial charge in [-0.15, -0.1) is 0 Å². The Labute approximate surface area is 121 Å². The van der Waals surface area contributed by atoms with Crippen LogP contribution in [0.4, 0.5) is 8.78 Å². The number of carbonyl (C=O) groups excluding carboxylic acids is 1. The maximum Gasteiger partial charge on any atom is 0.305 e. The van der Waals surface area contributed by atoms with Crippen LogP contribution in [-0.4, -0.2) is 55.0 Å². The van der Waals surface area contributed by atoms with E-state index < -0.39 is 41.4 Å². The molecule has 0 fully saturated rings. The minimum Gasteiger partial charge on any atom is -0.481 e. The van der Waals surface area contributed by atoms with E-state index in [0.29, 0.717) is 13.1 Å². The lowest BCUT2D eigenvalue weighted by molar-refractivity contribution is -0.137. The van der Waals surface area contributed by atoms with Gasteiger partial charge >= 0.3 is 5.97 Å². The molecule has 116 valence electrons. The summed E-state index contributed by atoms with van der Waals surface area (Å²) in [5, 5.41) is 11.6. The van der Waals surface area contributed by atoms with E-state index in [1.807, 2.05) is 19.0 Å². The number of carboxylic acids is 1. The standard InChI is InChI=1S/C14H18F2N2O3/c1-18(2)6-5-17-12(8-13(19)20)14(21)10-7-9(15)3-4-11(10)16/h3-4,7,12,17H,5-6,8H2,1-2H3,(H,19,20). The highest BCUT2D eigenvalue weighted by Crippen LogP contribution is 2.13. The predicted octanol–water partition coefficient (Wildman–Crippen LogP) is 1.14. The van der Waals surface area contributed by atoms with Crippen molar-refractivity contribution in [3.63, 3.8) is 0 Å². The molecule has 2 N–H and O–H groups in total. The summed E-state index contributed by atoms with van der Waals surface area (Å²) in [6.45, 7) is 0.933. The van der Waals surface area contributed by atoms with Crippen LogP contribution in [0.1, 0.15) is 16.8 Å². The van der Waals surface area contributed by atoms with Gasteiger partial charge in [0.05, 0.1) is 18.0 Å². The number of hydrogen-bond acceptors (Lipinski definition) is 4. The second-order valence-electron chi connectivity index (χ2n) is 4.90. The van der Waals surface area contributed by atoms with E-state index >= 15 is 0 Å². The molecule has 0 amide bonds. The molecule has 1 atom stereocenters. The Balaban J connectivity index is 2.88. The van der Waals surface area contributed by atoms with E-state index in [1.54, 1.807) is 0 Å². The lowest BCUT2D eigenvalue weighted by atomic mass is 10.0. The van der Waals surface area contributed by atoms with Crippen LogP contribution in [0.3, 0.4) is 0 Å². The molecule has 1 aromatic rings. The Hall–Kier alpha value is -1.86. The van der Waals surface area contributed by atoms with Crippen LogP contribution in [0, 0.1) is 11.6 Å². The van der Waals surface area contributed by atoms with Gasteiger partial charge in [0.15, 0.2) is 5.78 Å². The smallest absolute Gasteiger partial charge is 0.305 e. The average molecular weight is 300 g/mol. The fourth-order valence-corrected chi connectivity index (χ4v) is 1.77. The fraction of sp³-hybridized carbons (Fsp3) is 0.429. The first kappa shape index (κ1) is 17.2. The Morgan fingerprint density at radius 2 is 2.00 bits per heavy atom. The Morgan fingerprint density at radius 3 is 2.57 bits per heavy atom. The first-order valence-corrected chi connectivity index (χ1v) is 6.40. The third-order valence-corrected chi connectivity index (χ3v) is 2.84. The fourth-order valence-electron chi connectivity index (χ4n) is 1.77. The van der Waals surface area contributed by atoms with Gasteiger partial charge < -0.3 is 15.3 Å². The lowest BCUT2D eigenvalue weighted by Gasteiger charge is -2.18. The lowest BCUT2D eigenvalue weighted by Crippen LogP contribution is -2.42. The normalized spacial score (nSPS) is 12.4. The summed E-state index contributed by atoms with van der Waals surface area (Å²) < 4.78 is 26.7. The highest BCUT2D eigenvalue weighted by Gasteiger charge is 2.25. The second kappa shape index (κ2) is 7.80. The summed E-state index contributed by atoms with van der Waals surface area (Å²) in [6.07, 6.45) is -0.498. The van der Waals surface area contributed by atoms with Gasteiger partial charge in [-0.05, 0) is 32.3 Å². The van der Waals surface area contributed by atoms with E-state index in [4.69, 9.17) is 5.11 Å². The number of rotatable bonds is 8. The van der Waals surface area contributed by atoms with E-state index in [0.717, 1.165) is 18.2 Å². The number of likely N-dealkylation sites (N-methyl/N-ethyl adjacent to an activating group) is 1. The van der Waals surface area contributed by atoms with E-state index in [-0.39, 0.29) is 0 Å². The number of halogens is 2. The molecule has 0 spiro atoms. The molecule has 0 aliphatic carbocycles. The summed E-state index contributed by atoms with van der Waals surface area (Å²) in [5.41, 5.74) is -0.446. The van der Waals surface area contributed by atoms with E-state index in [2.05, 4.69) is 5.32 Å². The van der Waals surface area contributed by atoms with Gasteiger partial charge in [0, 0.05) is 13.1 Å². The molecular formula is C14H18F2N2O3. The first-order chi connectivity index (χ1) is 9.81. The minimum atomic E-state index is -1.19. The number of Topliss-reactive ketones (excluding diaryl/α,β-unsaturated/α-hetero) is 1. The van der Waals surface area contributed by atoms with E-state index in [1.165, 1.54) is 0 Å². The maximum atomic E-state index is 13.6. The van der Waals surface area contributed by atoms with Gasteiger partial charge in [-0.2, -0.15) is 0 Å². The summed E-state index contributed by atoms with van der Waals surface area (Å²) in [6, 6.07) is 1.43. The Morgan fingerprint density at radius 1 is 1.33 bits per heavy atom. The SMILES string of the molecule is CN(C)CCNC(CC(=O)O)C(=O)c1cc(F)ccc1F. The molecular weight excluding hydrogens is 282 g/mol. The molecule has 0 aromatic heterocycles. The monoisotopic (exact) mass is 300 g/mol. The van der Waals surface area contributed by atoms with Gasteiger partial charge in [0.1, 0.15) is 11.6 Å². The van der Waals surface area contributed by atoms with Crippen LogP contribution < -0.4 is 5.32 Å². The van der Waals surface area contributed by atoms with Crippen molar-refractivity contribution in [2.24, 2.45) is 0 Å². The molecule has 0 heterocycles. The number of nitrogens with zero attached hydrogens (tertiary/aromatic N) is 1. The molecule has 1 unspecified atom stereocenters. The number of ketones is 1. The zero-order valence-corrected chi connectivity index (χ0v) is 11.9. The first-order valence-electron chi connectivity index (χ1n) is 6.40. The molecule has 0 saturated carbocycles. The van der Waals surface area contributed by atoms with Crippen LogP contribution in [0.5, 0.6) is 0 Å². The third kappa shape index (κ3) is 5.57. The topological polar surface area (TPSA) is 69.6 Å². The number of aliphatic carboxylic acids is 1. The van der Waals surface area contributed by atoms with Crippen molar-refractivity contribution in [2.45, 2.75) is 12.5 Å². The molecule has 0 saturated heterocycles. The summed E-state index contributed by atoms with van der Waals surface area (Å²) in [5.74, 6) is -3.58. The number of hydrogen-bond donors (Lipinski definition) is 2. The van der Waals surface area contributed by atoms with Crippen molar-refractivity contribution in [2.75, 3.05) is 27.2 Å². The Kier molecular flexibility index (Phi) is 6.39. The average Bonchev–Trinajstić information content (AvgIpc) is 2.39. The third-order valence-electron chi connectivity index (χ3n) is 2.84. The van der Waals surface area contributed by atoms with Crippen LogP contribution in [0.2, 0.25) is 0 Å². The van der Waals surface area contributed by atoms with E-state index in [9.17, 15) is 18.4 Å². The minimum absolute atomic E-state index is 0.355. The van der Waals surface area contributed by atoms with Crippen molar-refractivity contribution < 1.29 is 23.5 Å². The van der Waals surface area contributed by atoms with Gasteiger partial charge in [-0.25, -0.2) is 8.78 Å². The number of benzene rings is 1. The molecule has 0 aliphatic heterocycles. The van der Waals surface area contributed by atoms with Crippen molar-refractivity contribution in [3.05, 3.63) is 35.4 Å². The molecule has 0 bridgehead atoms. The quantitative estimate of drug-likeness (QED) is 0.705. The highest BCUT2D eigenvalue weighted by atomic mass is 19.1. The molecule has 0 aliphatic rings. The summed E-state index contributed by atoms with van der Waals surface area (Å²) in [7, 11) is 3.64. The van der Waals surface area contributed by atoms with Crippen molar-refractivity contribution in [3.8, 4) is 0 Å². The molecule has 0 radical (unpaired) electrons. The van der Waals surface area contributed by atoms with Crippen molar-refractivity contribution >= 4 is 11.8 Å². The predicted molar refractivity (Wildman–Crippen MR) is 73.3 cm³/mol. The maximum absolute atomic E-state index is 13.6. The molecule has 7 heteroatoms. The van der Waals surface area contributed by atoms with Crippen LogP contribution in [0.15, 0.2) is 18.2 Å². The van der Waals surface area contributed by atoms with Crippen LogP contribution in [-0.2, 0) is 4.79 Å². The molecule has 5 nitrogen and oxygen atoms in total. The van der Waals surface area contributed by atoms with Gasteiger partial charge in [0.2, 0.25) is 0 Å². The second-order valence-corrected chi connectivity index (χ2v) is 4.90. The number of nitrogens with one attached hydrogen (secondary N) is 1. The summed E-state index contributed by atoms with van der Waals surface area (Å²) in [4.78, 5) is 24.9. The molecule has 1 rings (SSSR count). The zero-order chi connectivity index (χ0) is 16.0. The van der Waals surface area contributed by atoms with Gasteiger partial charge in [-0.1, -0.05) is 0 Å². The van der Waals surface area contributed by atoms with Crippen molar-refractivity contribution in [1.29, 1.82) is 0 Å². The van der Waals surface area contributed by atoms with Crippen molar-refractivity contribution in [1.82, 2.24) is 10.2 Å². The number of carbonyl (C=O) groups is 2. The Bertz CT molecular complexity index is 521. The number of carboxylic acid groups (broad SMARTS) is 1. The van der Waals surface area contributed by atoms with Crippen LogP contribution >= 0.6 is 0 Å². The van der Waals surface area contributed by atoms with Gasteiger partial charge in [-0.3, -0.25) is 9.59 Å². The highest BCUT2D eigenvalue weighted by molar-refractivity contribution is 6.01.